The van der Waals surface area contributed by atoms with E-state index >= 15 is 0 Å². The topological polar surface area (TPSA) is 59.2 Å². The van der Waals surface area contributed by atoms with Crippen molar-refractivity contribution >= 4 is 17.5 Å². The number of likely N-dealkylation sites (tertiary alicyclic amines) is 1. The Bertz CT molecular complexity index is 768. The van der Waals surface area contributed by atoms with Gasteiger partial charge >= 0.3 is 0 Å². The number of piperidine rings is 1. The van der Waals surface area contributed by atoms with Gasteiger partial charge in [-0.1, -0.05) is 42.4 Å². The molecule has 0 spiro atoms. The van der Waals surface area contributed by atoms with Crippen molar-refractivity contribution in [3.8, 4) is 11.4 Å². The molecule has 1 amide bonds. The fourth-order valence-corrected chi connectivity index (χ4v) is 4.47. The summed E-state index contributed by atoms with van der Waals surface area (Å²) in [5, 5.41) is 4.80. The van der Waals surface area contributed by atoms with Gasteiger partial charge < -0.3 is 9.42 Å². The summed E-state index contributed by atoms with van der Waals surface area (Å²) >= 11 is 5.95. The Morgan fingerprint density at radius 1 is 1.11 bits per heavy atom. The summed E-state index contributed by atoms with van der Waals surface area (Å²) in [5.74, 6) is 2.06. The van der Waals surface area contributed by atoms with Gasteiger partial charge in [0.25, 0.3) is 0 Å². The summed E-state index contributed by atoms with van der Waals surface area (Å²) in [4.78, 5) is 19.4. The van der Waals surface area contributed by atoms with Gasteiger partial charge in [-0.3, -0.25) is 4.79 Å². The summed E-state index contributed by atoms with van der Waals surface area (Å²) in [7, 11) is 0. The van der Waals surface area contributed by atoms with Crippen LogP contribution in [0.3, 0.4) is 0 Å². The van der Waals surface area contributed by atoms with Crippen LogP contribution < -0.4 is 0 Å². The lowest BCUT2D eigenvalue weighted by Crippen LogP contribution is -2.38. The Kier molecular flexibility index (Phi) is 5.77. The van der Waals surface area contributed by atoms with Crippen LogP contribution in [-0.2, 0) is 4.79 Å². The predicted octanol–water partition coefficient (Wildman–Crippen LogP) is 5.41. The molecule has 6 heteroatoms. The lowest BCUT2D eigenvalue weighted by atomic mass is 9.98. The molecule has 4 rings (SSSR count). The molecule has 27 heavy (non-hydrogen) atoms. The van der Waals surface area contributed by atoms with Crippen molar-refractivity contribution in [2.24, 2.45) is 5.92 Å². The third kappa shape index (κ3) is 4.34. The van der Waals surface area contributed by atoms with Crippen molar-refractivity contribution < 1.29 is 9.32 Å². The van der Waals surface area contributed by atoms with Crippen molar-refractivity contribution in [3.05, 3.63) is 35.2 Å². The highest BCUT2D eigenvalue weighted by molar-refractivity contribution is 6.30. The zero-order valence-corrected chi connectivity index (χ0v) is 16.3. The molecule has 2 fully saturated rings. The van der Waals surface area contributed by atoms with Crippen molar-refractivity contribution in [2.75, 3.05) is 6.54 Å². The molecule has 0 radical (unpaired) electrons. The smallest absolute Gasteiger partial charge is 0.249 e. The summed E-state index contributed by atoms with van der Waals surface area (Å²) in [6.07, 6.45) is 9.87. The molecule has 0 N–H and O–H groups in total. The molecule has 1 aliphatic carbocycles. The molecule has 1 saturated carbocycles. The average molecular weight is 388 g/mol. The zero-order valence-electron chi connectivity index (χ0n) is 15.6. The van der Waals surface area contributed by atoms with E-state index in [9.17, 15) is 4.79 Å². The van der Waals surface area contributed by atoms with Gasteiger partial charge in [0.2, 0.25) is 17.6 Å². The van der Waals surface area contributed by atoms with Gasteiger partial charge in [-0.2, -0.15) is 4.98 Å². The van der Waals surface area contributed by atoms with Crippen LogP contribution in [0.2, 0.25) is 5.02 Å². The van der Waals surface area contributed by atoms with Gasteiger partial charge in [0.15, 0.2) is 0 Å². The van der Waals surface area contributed by atoms with Crippen molar-refractivity contribution in [1.29, 1.82) is 0 Å². The number of amides is 1. The van der Waals surface area contributed by atoms with Crippen molar-refractivity contribution in [2.45, 2.75) is 63.8 Å². The van der Waals surface area contributed by atoms with E-state index in [1.807, 2.05) is 29.2 Å². The van der Waals surface area contributed by atoms with Gasteiger partial charge in [0, 0.05) is 23.6 Å². The molecule has 1 aromatic heterocycles. The molecule has 2 heterocycles. The van der Waals surface area contributed by atoms with Crippen LogP contribution >= 0.6 is 11.6 Å². The monoisotopic (exact) mass is 387 g/mol. The summed E-state index contributed by atoms with van der Waals surface area (Å²) in [6.45, 7) is 0.785. The molecule has 144 valence electrons. The lowest BCUT2D eigenvalue weighted by molar-refractivity contribution is -0.136. The molecule has 2 aliphatic rings. The van der Waals surface area contributed by atoms with E-state index in [1.54, 1.807) is 0 Å². The number of aromatic nitrogens is 2. The maximum Gasteiger partial charge on any atom is 0.249 e. The molecule has 0 unspecified atom stereocenters. The summed E-state index contributed by atoms with van der Waals surface area (Å²) in [6, 6.07) is 7.28. The third-order valence-electron chi connectivity index (χ3n) is 5.89. The summed E-state index contributed by atoms with van der Waals surface area (Å²) in [5.41, 5.74) is 0.865. The Balaban J connectivity index is 1.45. The first-order chi connectivity index (χ1) is 13.2. The largest absolute Gasteiger partial charge is 0.337 e. The van der Waals surface area contributed by atoms with Crippen LogP contribution in [0.25, 0.3) is 11.4 Å². The van der Waals surface area contributed by atoms with Gasteiger partial charge in [0.1, 0.15) is 6.04 Å². The number of rotatable bonds is 5. The molecule has 5 nitrogen and oxygen atoms in total. The van der Waals surface area contributed by atoms with Gasteiger partial charge in [-0.25, -0.2) is 0 Å². The van der Waals surface area contributed by atoms with Crippen LogP contribution in [0.15, 0.2) is 28.8 Å². The molecule has 1 atom stereocenters. The van der Waals surface area contributed by atoms with Gasteiger partial charge in [-0.15, -0.1) is 0 Å². The molecule has 1 aliphatic heterocycles. The summed E-state index contributed by atoms with van der Waals surface area (Å²) < 4.78 is 5.56. The minimum absolute atomic E-state index is 0.0941. The molecule has 0 bridgehead atoms. The quantitative estimate of drug-likeness (QED) is 0.687. The normalized spacial score (nSPS) is 20.9. The second kappa shape index (κ2) is 8.42. The molecule has 2 aromatic rings. The number of halogens is 1. The number of hydrogen-bond acceptors (Lipinski definition) is 4. The molecule has 1 aromatic carbocycles. The highest BCUT2D eigenvalue weighted by Crippen LogP contribution is 2.33. The Morgan fingerprint density at radius 2 is 1.85 bits per heavy atom. The predicted molar refractivity (Wildman–Crippen MR) is 104 cm³/mol. The Hall–Kier alpha value is -1.88. The van der Waals surface area contributed by atoms with Crippen LogP contribution in [0.5, 0.6) is 0 Å². The van der Waals surface area contributed by atoms with Crippen molar-refractivity contribution in [3.63, 3.8) is 0 Å². The standard InChI is InChI=1S/C21H26ClN3O2/c22-17-11-9-16(10-12-17)20-23-21(27-24-20)18-7-3-4-14-25(18)19(26)13-8-15-5-1-2-6-15/h9-12,15,18H,1-8,13-14H2/t18-/m0/s1. The molecule has 1 saturated heterocycles. The zero-order chi connectivity index (χ0) is 18.6. The fraction of sp³-hybridized carbons (Fsp3) is 0.571. The highest BCUT2D eigenvalue weighted by atomic mass is 35.5. The van der Waals surface area contributed by atoms with Crippen LogP contribution in [0, 0.1) is 5.92 Å². The van der Waals surface area contributed by atoms with Gasteiger partial charge in [0.05, 0.1) is 0 Å². The van der Waals surface area contributed by atoms with E-state index in [0.717, 1.165) is 43.7 Å². The van der Waals surface area contributed by atoms with E-state index in [4.69, 9.17) is 16.1 Å². The maximum atomic E-state index is 12.9. The van der Waals surface area contributed by atoms with Crippen LogP contribution in [0.1, 0.15) is 69.7 Å². The van der Waals surface area contributed by atoms with Crippen LogP contribution in [0.4, 0.5) is 0 Å². The highest BCUT2D eigenvalue weighted by Gasteiger charge is 2.32. The maximum absolute atomic E-state index is 12.9. The molecular weight excluding hydrogens is 362 g/mol. The lowest BCUT2D eigenvalue weighted by Gasteiger charge is -2.33. The second-order valence-corrected chi connectivity index (χ2v) is 8.19. The molecular formula is C21H26ClN3O2. The van der Waals surface area contributed by atoms with E-state index in [-0.39, 0.29) is 11.9 Å². The first kappa shape index (κ1) is 18.5. The first-order valence-electron chi connectivity index (χ1n) is 10.1. The third-order valence-corrected chi connectivity index (χ3v) is 6.15. The van der Waals surface area contributed by atoms with Crippen molar-refractivity contribution in [1.82, 2.24) is 15.0 Å². The van der Waals surface area contributed by atoms with E-state index in [2.05, 4.69) is 10.1 Å². The number of nitrogens with zero attached hydrogens (tertiary/aromatic N) is 3. The number of carbonyl (C=O) groups is 1. The second-order valence-electron chi connectivity index (χ2n) is 7.75. The van der Waals surface area contributed by atoms with Crippen LogP contribution in [-0.4, -0.2) is 27.5 Å². The van der Waals surface area contributed by atoms with E-state index in [1.165, 1.54) is 25.7 Å². The number of benzene rings is 1. The first-order valence-corrected chi connectivity index (χ1v) is 10.5. The fourth-order valence-electron chi connectivity index (χ4n) is 4.34. The number of hydrogen-bond donors (Lipinski definition) is 0. The minimum atomic E-state index is -0.0941. The minimum Gasteiger partial charge on any atom is -0.337 e. The van der Waals surface area contributed by atoms with Gasteiger partial charge in [-0.05, 0) is 55.9 Å². The van der Waals surface area contributed by atoms with E-state index in [0.29, 0.717) is 23.2 Å². The Morgan fingerprint density at radius 3 is 2.63 bits per heavy atom. The average Bonchev–Trinajstić information content (AvgIpc) is 3.39. The SMILES string of the molecule is O=C(CCC1CCCC1)N1CCCC[C@H]1c1nc(-c2ccc(Cl)cc2)no1. The van der Waals surface area contributed by atoms with E-state index < -0.39 is 0 Å². The Labute approximate surface area is 165 Å². The number of carbonyl (C=O) groups excluding carboxylic acids is 1.